The summed E-state index contributed by atoms with van der Waals surface area (Å²) in [5.41, 5.74) is 2.71. The van der Waals surface area contributed by atoms with Gasteiger partial charge in [-0.1, -0.05) is 36.4 Å². The van der Waals surface area contributed by atoms with Crippen LogP contribution in [-0.4, -0.2) is 40.8 Å². The zero-order chi connectivity index (χ0) is 19.6. The minimum absolute atomic E-state index is 0.0507. The van der Waals surface area contributed by atoms with E-state index in [4.69, 9.17) is 0 Å². The number of aliphatic hydroxyl groups is 1. The molecule has 27 heavy (non-hydrogen) atoms. The first-order chi connectivity index (χ1) is 13.0. The zero-order valence-electron chi connectivity index (χ0n) is 15.3. The number of aliphatic hydroxyl groups excluding tert-OH is 1. The van der Waals surface area contributed by atoms with Crippen LogP contribution in [0.15, 0.2) is 48.5 Å². The molecule has 2 aromatic carbocycles. The predicted octanol–water partition coefficient (Wildman–Crippen LogP) is 3.26. The Labute approximate surface area is 158 Å². The summed E-state index contributed by atoms with van der Waals surface area (Å²) in [4.78, 5) is 13.8. The van der Waals surface area contributed by atoms with E-state index in [9.17, 15) is 19.6 Å². The number of likely N-dealkylation sites (tertiary alicyclic amines) is 1. The summed E-state index contributed by atoms with van der Waals surface area (Å²) in [7, 11) is 0. The van der Waals surface area contributed by atoms with Crippen LogP contribution >= 0.6 is 0 Å². The van der Waals surface area contributed by atoms with E-state index in [0.717, 1.165) is 16.7 Å². The van der Waals surface area contributed by atoms with Crippen LogP contribution in [0.25, 0.3) is 11.1 Å². The third kappa shape index (κ3) is 3.64. The molecule has 1 saturated heterocycles. The summed E-state index contributed by atoms with van der Waals surface area (Å²) in [6.07, 6.45) is 0. The van der Waals surface area contributed by atoms with Crippen molar-refractivity contribution in [3.63, 3.8) is 0 Å². The lowest BCUT2D eigenvalue weighted by Gasteiger charge is -2.51. The molecule has 2 N–H and O–H groups in total. The van der Waals surface area contributed by atoms with Crippen molar-refractivity contribution in [3.05, 3.63) is 59.9 Å². The molecule has 1 heterocycles. The smallest absolute Gasteiger partial charge is 0.319 e. The van der Waals surface area contributed by atoms with Gasteiger partial charge in [0.15, 0.2) is 0 Å². The highest BCUT2D eigenvalue weighted by Crippen LogP contribution is 2.40. The van der Waals surface area contributed by atoms with Gasteiger partial charge in [-0.3, -0.25) is 0 Å². The van der Waals surface area contributed by atoms with Crippen LogP contribution in [0.4, 0.5) is 9.18 Å². The highest BCUT2D eigenvalue weighted by atomic mass is 19.1. The van der Waals surface area contributed by atoms with Crippen molar-refractivity contribution in [1.29, 1.82) is 5.26 Å². The van der Waals surface area contributed by atoms with Gasteiger partial charge in [0.2, 0.25) is 0 Å². The minimum Gasteiger partial charge on any atom is -0.394 e. The number of halogens is 1. The number of hydrogen-bond donors (Lipinski definition) is 2. The van der Waals surface area contributed by atoms with Crippen molar-refractivity contribution in [2.24, 2.45) is 0 Å². The summed E-state index contributed by atoms with van der Waals surface area (Å²) < 4.78 is 13.1. The van der Waals surface area contributed by atoms with Gasteiger partial charge in [-0.2, -0.15) is 5.26 Å². The maximum atomic E-state index is 13.1. The molecule has 3 rings (SSSR count). The lowest BCUT2D eigenvalue weighted by atomic mass is 9.75. The lowest BCUT2D eigenvalue weighted by Crippen LogP contribution is -2.67. The SMILES string of the molecule is CC(C)NC(=O)N1[C@H](CO)[C@H](c2ccc(-c3ccc(F)cc3)cc2)[C@@H]1C#N. The molecule has 0 bridgehead atoms. The fraction of sp³-hybridized carbons (Fsp3) is 0.333. The molecular formula is C21H22FN3O2. The normalized spacial score (nSPS) is 21.5. The van der Waals surface area contributed by atoms with Gasteiger partial charge in [0.25, 0.3) is 0 Å². The fourth-order valence-corrected chi connectivity index (χ4v) is 3.55. The molecule has 2 aromatic rings. The van der Waals surface area contributed by atoms with Gasteiger partial charge in [0.05, 0.1) is 18.7 Å². The van der Waals surface area contributed by atoms with Crippen LogP contribution < -0.4 is 5.32 Å². The highest BCUT2D eigenvalue weighted by molar-refractivity contribution is 5.77. The Bertz CT molecular complexity index is 843. The van der Waals surface area contributed by atoms with E-state index in [1.165, 1.54) is 17.0 Å². The molecule has 5 nitrogen and oxygen atoms in total. The van der Waals surface area contributed by atoms with E-state index in [1.807, 2.05) is 38.1 Å². The molecule has 0 aliphatic carbocycles. The lowest BCUT2D eigenvalue weighted by molar-refractivity contribution is 0.0162. The number of hydrogen-bond acceptors (Lipinski definition) is 3. The van der Waals surface area contributed by atoms with Crippen molar-refractivity contribution in [3.8, 4) is 17.2 Å². The van der Waals surface area contributed by atoms with Crippen LogP contribution in [0.2, 0.25) is 0 Å². The molecule has 1 aliphatic rings. The van der Waals surface area contributed by atoms with Crippen molar-refractivity contribution in [1.82, 2.24) is 10.2 Å². The largest absolute Gasteiger partial charge is 0.394 e. The molecule has 140 valence electrons. The van der Waals surface area contributed by atoms with E-state index >= 15 is 0 Å². The van der Waals surface area contributed by atoms with Crippen molar-refractivity contribution in [2.45, 2.75) is 37.9 Å². The Morgan fingerprint density at radius 3 is 2.22 bits per heavy atom. The number of carbonyl (C=O) groups excluding carboxylic acids is 1. The topological polar surface area (TPSA) is 76.4 Å². The van der Waals surface area contributed by atoms with Gasteiger partial charge in [-0.05, 0) is 42.7 Å². The summed E-state index contributed by atoms with van der Waals surface area (Å²) in [6, 6.07) is 14.6. The Kier molecular flexibility index (Phi) is 5.43. The molecule has 1 fully saturated rings. The van der Waals surface area contributed by atoms with Crippen LogP contribution in [0.5, 0.6) is 0 Å². The average Bonchev–Trinajstić information content (AvgIpc) is 2.62. The van der Waals surface area contributed by atoms with Crippen LogP contribution in [0.1, 0.15) is 25.3 Å². The molecule has 0 saturated carbocycles. The fourth-order valence-electron chi connectivity index (χ4n) is 3.55. The quantitative estimate of drug-likeness (QED) is 0.871. The Morgan fingerprint density at radius 1 is 1.19 bits per heavy atom. The number of urea groups is 1. The number of rotatable bonds is 4. The van der Waals surface area contributed by atoms with Gasteiger partial charge in [-0.15, -0.1) is 0 Å². The molecule has 0 unspecified atom stereocenters. The summed E-state index contributed by atoms with van der Waals surface area (Å²) >= 11 is 0. The standard InChI is InChI=1S/C21H22FN3O2/c1-13(2)24-21(27)25-18(11-23)20(19(25)12-26)16-5-3-14(4-6-16)15-7-9-17(22)10-8-15/h3-10,13,18-20,26H,12H2,1-2H3,(H,24,27)/t18-,19+,20+/m0/s1. The van der Waals surface area contributed by atoms with E-state index in [-0.39, 0.29) is 30.4 Å². The summed E-state index contributed by atoms with van der Waals surface area (Å²) in [6.45, 7) is 3.48. The third-order valence-electron chi connectivity index (χ3n) is 4.85. The monoisotopic (exact) mass is 367 g/mol. The summed E-state index contributed by atoms with van der Waals surface area (Å²) in [5, 5.41) is 22.1. The molecule has 6 heteroatoms. The second kappa shape index (κ2) is 7.77. The van der Waals surface area contributed by atoms with Crippen LogP contribution in [-0.2, 0) is 0 Å². The maximum absolute atomic E-state index is 13.1. The number of benzene rings is 2. The second-order valence-corrected chi connectivity index (χ2v) is 6.99. The van der Waals surface area contributed by atoms with Gasteiger partial charge in [0.1, 0.15) is 11.9 Å². The Morgan fingerprint density at radius 2 is 1.74 bits per heavy atom. The maximum Gasteiger partial charge on any atom is 0.319 e. The molecule has 0 radical (unpaired) electrons. The third-order valence-corrected chi connectivity index (χ3v) is 4.85. The molecular weight excluding hydrogens is 345 g/mol. The molecule has 3 atom stereocenters. The Hall–Kier alpha value is -2.91. The van der Waals surface area contributed by atoms with E-state index < -0.39 is 12.1 Å². The number of carbonyl (C=O) groups is 1. The van der Waals surface area contributed by atoms with Gasteiger partial charge in [0, 0.05) is 12.0 Å². The van der Waals surface area contributed by atoms with Gasteiger partial charge < -0.3 is 15.3 Å². The highest BCUT2D eigenvalue weighted by Gasteiger charge is 2.51. The minimum atomic E-state index is -0.627. The van der Waals surface area contributed by atoms with Gasteiger partial charge >= 0.3 is 6.03 Å². The van der Waals surface area contributed by atoms with Crippen molar-refractivity contribution < 1.29 is 14.3 Å². The molecule has 2 amide bonds. The first-order valence-corrected chi connectivity index (χ1v) is 8.91. The predicted molar refractivity (Wildman–Crippen MR) is 100 cm³/mol. The number of nitriles is 1. The number of amides is 2. The second-order valence-electron chi connectivity index (χ2n) is 6.99. The molecule has 0 spiro atoms. The first kappa shape index (κ1) is 18.9. The zero-order valence-corrected chi connectivity index (χ0v) is 15.3. The molecule has 0 aromatic heterocycles. The number of nitrogens with one attached hydrogen (secondary N) is 1. The van der Waals surface area contributed by atoms with Crippen molar-refractivity contribution in [2.75, 3.05) is 6.61 Å². The average molecular weight is 367 g/mol. The number of nitrogens with zero attached hydrogens (tertiary/aromatic N) is 2. The first-order valence-electron chi connectivity index (χ1n) is 8.91. The summed E-state index contributed by atoms with van der Waals surface area (Å²) in [5.74, 6) is -0.535. The Balaban J connectivity index is 1.82. The van der Waals surface area contributed by atoms with Crippen LogP contribution in [0.3, 0.4) is 0 Å². The van der Waals surface area contributed by atoms with Gasteiger partial charge in [-0.25, -0.2) is 9.18 Å². The van der Waals surface area contributed by atoms with Crippen molar-refractivity contribution >= 4 is 6.03 Å². The van der Waals surface area contributed by atoms with E-state index in [0.29, 0.717) is 0 Å². The molecule has 1 aliphatic heterocycles. The van der Waals surface area contributed by atoms with Crippen LogP contribution in [0, 0.1) is 17.1 Å². The van der Waals surface area contributed by atoms with E-state index in [1.54, 1.807) is 12.1 Å². The van der Waals surface area contributed by atoms with E-state index in [2.05, 4.69) is 11.4 Å².